The number of carbonyl (C=O) groups excluding carboxylic acids is 2. The van der Waals surface area contributed by atoms with Crippen LogP contribution >= 0.6 is 0 Å². The lowest BCUT2D eigenvalue weighted by atomic mass is 9.97. The molecule has 1 saturated heterocycles. The van der Waals surface area contributed by atoms with Crippen molar-refractivity contribution in [3.8, 4) is 0 Å². The number of nitrogens with one attached hydrogen (secondary N) is 3. The Labute approximate surface area is 168 Å². The summed E-state index contributed by atoms with van der Waals surface area (Å²) in [5, 5.41) is 21.8. The van der Waals surface area contributed by atoms with Crippen LogP contribution in [0.5, 0.6) is 0 Å². The molecule has 1 fully saturated rings. The number of rotatable bonds is 6. The van der Waals surface area contributed by atoms with Crippen LogP contribution in [0.2, 0.25) is 0 Å². The summed E-state index contributed by atoms with van der Waals surface area (Å²) < 4.78 is 10.9. The van der Waals surface area contributed by atoms with Crippen molar-refractivity contribution >= 4 is 23.3 Å². The van der Waals surface area contributed by atoms with Gasteiger partial charge in [0.25, 0.3) is 0 Å². The number of aryl methyl sites for hydroxylation is 2. The van der Waals surface area contributed by atoms with E-state index in [1.165, 1.54) is 0 Å². The average molecular weight is 402 g/mol. The highest BCUT2D eigenvalue weighted by Crippen LogP contribution is 2.23. The lowest BCUT2D eigenvalue weighted by molar-refractivity contribution is -0.126. The van der Waals surface area contributed by atoms with Gasteiger partial charge >= 0.3 is 6.03 Å². The van der Waals surface area contributed by atoms with Gasteiger partial charge in [-0.25, -0.2) is 4.79 Å². The normalized spacial score (nSPS) is 21.4. The minimum absolute atomic E-state index is 0.152. The monoisotopic (exact) mass is 402 g/mol. The molecule has 9 nitrogen and oxygen atoms in total. The Kier molecular flexibility index (Phi) is 6.84. The number of hydrogen-bond acceptors (Lipinski definition) is 6. The van der Waals surface area contributed by atoms with E-state index in [1.807, 2.05) is 30.3 Å². The van der Waals surface area contributed by atoms with Crippen LogP contribution in [0.25, 0.3) is 0 Å². The molecule has 1 aromatic carbocycles. The molecule has 0 aliphatic carbocycles. The molecule has 29 heavy (non-hydrogen) atoms. The Morgan fingerprint density at radius 3 is 2.59 bits per heavy atom. The minimum Gasteiger partial charge on any atom is -0.394 e. The standard InChI is InChI=1S/C20H26N4O5/c1-12-19(13(2)29-24-12)23-20(27)22-16-9-8-15(28-17(16)11-25)10-18(26)21-14-6-4-3-5-7-14/h3-7,15-17,25H,8-11H2,1-2H3,(H,21,26)(H2,22,23,27)/t15-,16+,17-/m0/s1. The lowest BCUT2D eigenvalue weighted by Crippen LogP contribution is -2.52. The highest BCUT2D eigenvalue weighted by Gasteiger charge is 2.33. The molecule has 0 radical (unpaired) electrons. The highest BCUT2D eigenvalue weighted by molar-refractivity contribution is 5.91. The van der Waals surface area contributed by atoms with E-state index < -0.39 is 12.1 Å². The number of aromatic nitrogens is 1. The van der Waals surface area contributed by atoms with Crippen molar-refractivity contribution in [3.05, 3.63) is 41.8 Å². The quantitative estimate of drug-likeness (QED) is 0.588. The first-order valence-corrected chi connectivity index (χ1v) is 9.58. The van der Waals surface area contributed by atoms with E-state index in [2.05, 4.69) is 21.1 Å². The number of urea groups is 1. The summed E-state index contributed by atoms with van der Waals surface area (Å²) in [5.74, 6) is 0.362. The molecule has 0 spiro atoms. The fourth-order valence-electron chi connectivity index (χ4n) is 3.37. The summed E-state index contributed by atoms with van der Waals surface area (Å²) in [7, 11) is 0. The van der Waals surface area contributed by atoms with Gasteiger partial charge in [0, 0.05) is 5.69 Å². The SMILES string of the molecule is Cc1noc(C)c1NC(=O)N[C@@H]1CC[C@@H](CC(=O)Nc2ccccc2)O[C@H]1CO. The summed E-state index contributed by atoms with van der Waals surface area (Å²) in [6.07, 6.45) is 0.454. The first kappa shape index (κ1) is 20.8. The number of anilines is 2. The number of benzene rings is 1. The Morgan fingerprint density at radius 1 is 1.17 bits per heavy atom. The molecule has 1 aliphatic heterocycles. The van der Waals surface area contributed by atoms with Crippen LogP contribution in [0.1, 0.15) is 30.7 Å². The third-order valence-corrected chi connectivity index (χ3v) is 4.85. The largest absolute Gasteiger partial charge is 0.394 e. The highest BCUT2D eigenvalue weighted by atomic mass is 16.5. The van der Waals surface area contributed by atoms with Crippen LogP contribution < -0.4 is 16.0 Å². The van der Waals surface area contributed by atoms with E-state index in [1.54, 1.807) is 13.8 Å². The van der Waals surface area contributed by atoms with Crippen molar-refractivity contribution < 1.29 is 24.0 Å². The van der Waals surface area contributed by atoms with Gasteiger partial charge in [0.15, 0.2) is 5.76 Å². The predicted molar refractivity (Wildman–Crippen MR) is 107 cm³/mol. The first-order chi connectivity index (χ1) is 14.0. The molecule has 156 valence electrons. The Morgan fingerprint density at radius 2 is 1.93 bits per heavy atom. The summed E-state index contributed by atoms with van der Waals surface area (Å²) in [5.41, 5.74) is 1.83. The molecule has 3 amide bonds. The topological polar surface area (TPSA) is 126 Å². The maximum Gasteiger partial charge on any atom is 0.319 e. The summed E-state index contributed by atoms with van der Waals surface area (Å²) in [6.45, 7) is 3.19. The molecule has 9 heteroatoms. The molecular weight excluding hydrogens is 376 g/mol. The fourth-order valence-corrected chi connectivity index (χ4v) is 3.37. The maximum atomic E-state index is 12.3. The van der Waals surface area contributed by atoms with E-state index in [9.17, 15) is 14.7 Å². The molecule has 0 unspecified atom stereocenters. The Balaban J connectivity index is 1.50. The van der Waals surface area contributed by atoms with Crippen molar-refractivity contribution in [3.63, 3.8) is 0 Å². The van der Waals surface area contributed by atoms with Gasteiger partial charge < -0.3 is 30.3 Å². The predicted octanol–water partition coefficient (Wildman–Crippen LogP) is 2.35. The molecule has 0 bridgehead atoms. The van der Waals surface area contributed by atoms with Crippen LogP contribution in [0.4, 0.5) is 16.2 Å². The van der Waals surface area contributed by atoms with Gasteiger partial charge in [-0.05, 0) is 38.8 Å². The molecule has 2 aromatic rings. The van der Waals surface area contributed by atoms with Crippen molar-refractivity contribution in [1.82, 2.24) is 10.5 Å². The second-order valence-corrected chi connectivity index (χ2v) is 7.08. The summed E-state index contributed by atoms with van der Waals surface area (Å²) >= 11 is 0. The zero-order valence-corrected chi connectivity index (χ0v) is 16.5. The van der Waals surface area contributed by atoms with Gasteiger partial charge in [-0.15, -0.1) is 0 Å². The van der Waals surface area contributed by atoms with Gasteiger partial charge in [-0.2, -0.15) is 0 Å². The van der Waals surface area contributed by atoms with Crippen molar-refractivity contribution in [2.45, 2.75) is 51.4 Å². The third kappa shape index (κ3) is 5.55. The van der Waals surface area contributed by atoms with Gasteiger partial charge in [0.05, 0.1) is 25.2 Å². The molecule has 2 heterocycles. The number of hydrogen-bond donors (Lipinski definition) is 4. The average Bonchev–Trinajstić information content (AvgIpc) is 3.01. The van der Waals surface area contributed by atoms with E-state index in [0.717, 1.165) is 5.69 Å². The number of carbonyl (C=O) groups is 2. The Hall–Kier alpha value is -2.91. The molecule has 4 N–H and O–H groups in total. The number of aliphatic hydroxyl groups excluding tert-OH is 1. The molecule has 0 saturated carbocycles. The lowest BCUT2D eigenvalue weighted by Gasteiger charge is -2.35. The van der Waals surface area contributed by atoms with E-state index in [-0.39, 0.29) is 31.1 Å². The zero-order valence-electron chi connectivity index (χ0n) is 16.5. The third-order valence-electron chi connectivity index (χ3n) is 4.85. The van der Waals surface area contributed by atoms with Gasteiger partial charge in [0.2, 0.25) is 5.91 Å². The van der Waals surface area contributed by atoms with Crippen molar-refractivity contribution in [2.24, 2.45) is 0 Å². The van der Waals surface area contributed by atoms with E-state index in [4.69, 9.17) is 9.26 Å². The Bertz CT molecular complexity index is 819. The second kappa shape index (κ2) is 9.53. The second-order valence-electron chi connectivity index (χ2n) is 7.08. The number of para-hydroxylation sites is 1. The van der Waals surface area contributed by atoms with Crippen LogP contribution in [0.3, 0.4) is 0 Å². The van der Waals surface area contributed by atoms with Crippen molar-refractivity contribution in [2.75, 3.05) is 17.2 Å². The smallest absolute Gasteiger partial charge is 0.319 e. The van der Waals surface area contributed by atoms with Crippen LogP contribution in [0.15, 0.2) is 34.9 Å². The van der Waals surface area contributed by atoms with Crippen molar-refractivity contribution in [1.29, 1.82) is 0 Å². The number of aliphatic hydroxyl groups is 1. The zero-order chi connectivity index (χ0) is 20.8. The van der Waals surface area contributed by atoms with Crippen LogP contribution in [0, 0.1) is 13.8 Å². The number of ether oxygens (including phenoxy) is 1. The summed E-state index contributed by atoms with van der Waals surface area (Å²) in [6, 6.07) is 8.40. The molecule has 3 rings (SSSR count). The number of amides is 3. The number of nitrogens with zero attached hydrogens (tertiary/aromatic N) is 1. The fraction of sp³-hybridized carbons (Fsp3) is 0.450. The van der Waals surface area contributed by atoms with Gasteiger partial charge in [-0.1, -0.05) is 23.4 Å². The molecular formula is C20H26N4O5. The van der Waals surface area contributed by atoms with Crippen LogP contribution in [-0.2, 0) is 9.53 Å². The summed E-state index contributed by atoms with van der Waals surface area (Å²) in [4.78, 5) is 24.5. The first-order valence-electron chi connectivity index (χ1n) is 9.58. The van der Waals surface area contributed by atoms with Gasteiger partial charge in [-0.3, -0.25) is 4.79 Å². The molecule has 1 aromatic heterocycles. The maximum absolute atomic E-state index is 12.3. The van der Waals surface area contributed by atoms with E-state index >= 15 is 0 Å². The molecule has 3 atom stereocenters. The minimum atomic E-state index is -0.589. The molecule has 1 aliphatic rings. The van der Waals surface area contributed by atoms with Gasteiger partial charge in [0.1, 0.15) is 17.5 Å². The van der Waals surface area contributed by atoms with Crippen LogP contribution in [-0.4, -0.2) is 47.1 Å². The van der Waals surface area contributed by atoms with E-state index in [0.29, 0.717) is 30.0 Å².